The van der Waals surface area contributed by atoms with E-state index in [2.05, 4.69) is 37.9 Å². The topological polar surface area (TPSA) is 35.5 Å². The number of hydrogen-bond acceptors (Lipinski definition) is 3. The largest absolute Gasteiger partial charge is 0.395 e. The summed E-state index contributed by atoms with van der Waals surface area (Å²) >= 11 is 0. The van der Waals surface area contributed by atoms with Gasteiger partial charge in [-0.3, -0.25) is 4.90 Å². The first-order valence-electron chi connectivity index (χ1n) is 7.51. The van der Waals surface area contributed by atoms with Crippen LogP contribution in [-0.2, 0) is 0 Å². The summed E-state index contributed by atoms with van der Waals surface area (Å²) in [7, 11) is 0. The molecule has 0 aromatic heterocycles. The zero-order valence-electron chi connectivity index (χ0n) is 12.7. The van der Waals surface area contributed by atoms with E-state index in [1.165, 1.54) is 25.8 Å². The fourth-order valence-electron chi connectivity index (χ4n) is 2.84. The molecule has 0 aliphatic carbocycles. The summed E-state index contributed by atoms with van der Waals surface area (Å²) < 4.78 is 0. The third-order valence-corrected chi connectivity index (χ3v) is 3.65. The Morgan fingerprint density at radius 2 is 2.00 bits per heavy atom. The van der Waals surface area contributed by atoms with Crippen LogP contribution in [-0.4, -0.2) is 48.8 Å². The molecule has 2 unspecified atom stereocenters. The van der Waals surface area contributed by atoms with Gasteiger partial charge in [0.25, 0.3) is 0 Å². The lowest BCUT2D eigenvalue weighted by Gasteiger charge is -2.39. The Hall–Kier alpha value is -0.120. The highest BCUT2D eigenvalue weighted by Crippen LogP contribution is 2.22. The standard InChI is InChI=1S/C15H32N2O/c1-5-6-13-9-14(16-12-15(2,3)4)11-17(10-13)7-8-18/h13-14,16,18H,5-12H2,1-4H3. The molecule has 1 saturated heterocycles. The minimum absolute atomic E-state index is 0.283. The molecule has 0 aromatic rings. The number of piperidine rings is 1. The van der Waals surface area contributed by atoms with E-state index in [1.54, 1.807) is 0 Å². The molecule has 1 rings (SSSR count). The molecule has 2 atom stereocenters. The first-order valence-corrected chi connectivity index (χ1v) is 7.51. The van der Waals surface area contributed by atoms with Crippen molar-refractivity contribution in [3.05, 3.63) is 0 Å². The first kappa shape index (κ1) is 15.9. The Morgan fingerprint density at radius 1 is 1.28 bits per heavy atom. The molecule has 0 bridgehead atoms. The Bertz CT molecular complexity index is 211. The quantitative estimate of drug-likeness (QED) is 0.764. The number of nitrogens with one attached hydrogen (secondary N) is 1. The van der Waals surface area contributed by atoms with E-state index in [-0.39, 0.29) is 6.61 Å². The molecule has 0 aromatic carbocycles. The van der Waals surface area contributed by atoms with Crippen LogP contribution in [0, 0.1) is 11.3 Å². The molecular weight excluding hydrogens is 224 g/mol. The average Bonchev–Trinajstić information content (AvgIpc) is 2.26. The summed E-state index contributed by atoms with van der Waals surface area (Å²) in [5.41, 5.74) is 0.347. The molecule has 3 heteroatoms. The van der Waals surface area contributed by atoms with E-state index in [0.29, 0.717) is 11.5 Å². The predicted molar refractivity (Wildman–Crippen MR) is 77.8 cm³/mol. The van der Waals surface area contributed by atoms with Crippen molar-refractivity contribution in [2.45, 2.75) is 53.0 Å². The molecule has 1 heterocycles. The van der Waals surface area contributed by atoms with Gasteiger partial charge in [-0.05, 0) is 24.2 Å². The smallest absolute Gasteiger partial charge is 0.0558 e. The Labute approximate surface area is 113 Å². The zero-order valence-corrected chi connectivity index (χ0v) is 12.7. The summed E-state index contributed by atoms with van der Waals surface area (Å²) in [5, 5.41) is 12.8. The van der Waals surface area contributed by atoms with Crippen LogP contribution in [0.2, 0.25) is 0 Å². The highest BCUT2D eigenvalue weighted by Gasteiger charge is 2.26. The van der Waals surface area contributed by atoms with Crippen molar-refractivity contribution >= 4 is 0 Å². The van der Waals surface area contributed by atoms with Gasteiger partial charge < -0.3 is 10.4 Å². The third-order valence-electron chi connectivity index (χ3n) is 3.65. The first-order chi connectivity index (χ1) is 8.44. The Kier molecular flexibility index (Phi) is 6.61. The SMILES string of the molecule is CCCC1CC(NCC(C)(C)C)CN(CCO)C1. The van der Waals surface area contributed by atoms with E-state index in [1.807, 2.05) is 0 Å². The van der Waals surface area contributed by atoms with Crippen LogP contribution in [0.5, 0.6) is 0 Å². The fourth-order valence-corrected chi connectivity index (χ4v) is 2.84. The average molecular weight is 256 g/mol. The molecule has 1 aliphatic rings. The molecule has 3 nitrogen and oxygen atoms in total. The van der Waals surface area contributed by atoms with E-state index in [0.717, 1.165) is 25.6 Å². The molecular formula is C15H32N2O. The molecule has 108 valence electrons. The molecule has 1 aliphatic heterocycles. The van der Waals surface area contributed by atoms with Crippen LogP contribution in [0.4, 0.5) is 0 Å². The summed E-state index contributed by atoms with van der Waals surface area (Å²) in [6, 6.07) is 0.598. The normalized spacial score (nSPS) is 26.5. The highest BCUT2D eigenvalue weighted by atomic mass is 16.3. The molecule has 18 heavy (non-hydrogen) atoms. The van der Waals surface area contributed by atoms with Crippen LogP contribution in [0.1, 0.15) is 47.0 Å². The van der Waals surface area contributed by atoms with Crippen molar-refractivity contribution < 1.29 is 5.11 Å². The second-order valence-electron chi connectivity index (χ2n) is 7.01. The van der Waals surface area contributed by atoms with Gasteiger partial charge in [-0.15, -0.1) is 0 Å². The lowest BCUT2D eigenvalue weighted by Crippen LogP contribution is -2.51. The number of β-amino-alcohol motifs (C(OH)–C–C–N with tert-alkyl or cyclic N) is 1. The number of aliphatic hydroxyl groups is 1. The van der Waals surface area contributed by atoms with Crippen LogP contribution in [0.3, 0.4) is 0 Å². The molecule has 1 fully saturated rings. The van der Waals surface area contributed by atoms with Gasteiger partial charge in [-0.2, -0.15) is 0 Å². The number of likely N-dealkylation sites (tertiary alicyclic amines) is 1. The number of rotatable bonds is 6. The van der Waals surface area contributed by atoms with Crippen molar-refractivity contribution in [1.29, 1.82) is 0 Å². The second-order valence-corrected chi connectivity index (χ2v) is 7.01. The number of hydrogen-bond donors (Lipinski definition) is 2. The van der Waals surface area contributed by atoms with Crippen molar-refractivity contribution in [2.24, 2.45) is 11.3 Å². The van der Waals surface area contributed by atoms with Crippen LogP contribution in [0.25, 0.3) is 0 Å². The van der Waals surface area contributed by atoms with E-state index in [9.17, 15) is 0 Å². The van der Waals surface area contributed by atoms with Crippen LogP contribution < -0.4 is 5.32 Å². The van der Waals surface area contributed by atoms with Crippen LogP contribution >= 0.6 is 0 Å². The number of nitrogens with zero attached hydrogens (tertiary/aromatic N) is 1. The third kappa shape index (κ3) is 6.17. The molecule has 2 N–H and O–H groups in total. The van der Waals surface area contributed by atoms with Gasteiger partial charge >= 0.3 is 0 Å². The van der Waals surface area contributed by atoms with E-state index >= 15 is 0 Å². The highest BCUT2D eigenvalue weighted by molar-refractivity contribution is 4.84. The minimum Gasteiger partial charge on any atom is -0.395 e. The minimum atomic E-state index is 0.283. The monoisotopic (exact) mass is 256 g/mol. The van der Waals surface area contributed by atoms with E-state index in [4.69, 9.17) is 5.11 Å². The zero-order chi connectivity index (χ0) is 13.6. The van der Waals surface area contributed by atoms with Crippen LogP contribution in [0.15, 0.2) is 0 Å². The Balaban J connectivity index is 2.44. The summed E-state index contributed by atoms with van der Waals surface area (Å²) in [6.45, 7) is 13.5. The maximum absolute atomic E-state index is 9.12. The van der Waals surface area contributed by atoms with Crippen molar-refractivity contribution in [3.63, 3.8) is 0 Å². The maximum atomic E-state index is 9.12. The second kappa shape index (κ2) is 7.46. The van der Waals surface area contributed by atoms with Crippen molar-refractivity contribution in [2.75, 3.05) is 32.8 Å². The van der Waals surface area contributed by atoms with Crippen molar-refractivity contribution in [3.8, 4) is 0 Å². The molecule has 0 amide bonds. The van der Waals surface area contributed by atoms with Crippen molar-refractivity contribution in [1.82, 2.24) is 10.2 Å². The van der Waals surface area contributed by atoms with Gasteiger partial charge in [-0.1, -0.05) is 34.1 Å². The van der Waals surface area contributed by atoms with Gasteiger partial charge in [0.1, 0.15) is 0 Å². The Morgan fingerprint density at radius 3 is 2.56 bits per heavy atom. The van der Waals surface area contributed by atoms with Gasteiger partial charge in [0, 0.05) is 32.2 Å². The summed E-state index contributed by atoms with van der Waals surface area (Å²) in [6.07, 6.45) is 3.88. The van der Waals surface area contributed by atoms with Gasteiger partial charge in [0.15, 0.2) is 0 Å². The summed E-state index contributed by atoms with van der Waals surface area (Å²) in [5.74, 6) is 0.799. The maximum Gasteiger partial charge on any atom is 0.0558 e. The van der Waals surface area contributed by atoms with E-state index < -0.39 is 0 Å². The fraction of sp³-hybridized carbons (Fsp3) is 1.00. The lowest BCUT2D eigenvalue weighted by atomic mass is 9.89. The molecule has 0 spiro atoms. The molecule has 0 saturated carbocycles. The van der Waals surface area contributed by atoms with Gasteiger partial charge in [0.2, 0.25) is 0 Å². The number of aliphatic hydroxyl groups excluding tert-OH is 1. The summed E-state index contributed by atoms with van der Waals surface area (Å²) in [4.78, 5) is 2.42. The lowest BCUT2D eigenvalue weighted by molar-refractivity contribution is 0.108. The van der Waals surface area contributed by atoms with Gasteiger partial charge in [-0.25, -0.2) is 0 Å². The van der Waals surface area contributed by atoms with Gasteiger partial charge in [0.05, 0.1) is 6.61 Å². The molecule has 0 radical (unpaired) electrons. The predicted octanol–water partition coefficient (Wildman–Crippen LogP) is 2.11.